The van der Waals surface area contributed by atoms with Crippen molar-refractivity contribution in [2.24, 2.45) is 17.6 Å². The molecule has 0 aromatic rings. The first-order valence-electron chi connectivity index (χ1n) is 3.23. The van der Waals surface area contributed by atoms with E-state index in [1.807, 2.05) is 0 Å². The maximum atomic E-state index is 5.71. The Labute approximate surface area is 49.7 Å². The Kier molecular flexibility index (Phi) is 0.746. The van der Waals surface area contributed by atoms with Gasteiger partial charge in [-0.15, -0.1) is 0 Å². The summed E-state index contributed by atoms with van der Waals surface area (Å²) in [7, 11) is 2.17. The average Bonchev–Trinajstić information content (AvgIpc) is 2.29. The lowest BCUT2D eigenvalue weighted by atomic mass is 10.4. The summed E-state index contributed by atoms with van der Waals surface area (Å²) >= 11 is 0. The summed E-state index contributed by atoms with van der Waals surface area (Å²) in [5, 5.41) is 0. The Morgan fingerprint density at radius 1 is 1.38 bits per heavy atom. The normalized spacial score (nSPS) is 54.0. The van der Waals surface area contributed by atoms with Gasteiger partial charge in [0.25, 0.3) is 0 Å². The van der Waals surface area contributed by atoms with Crippen LogP contribution in [0.5, 0.6) is 0 Å². The van der Waals surface area contributed by atoms with Gasteiger partial charge in [0.2, 0.25) is 0 Å². The third-order valence-corrected chi connectivity index (χ3v) is 2.44. The zero-order chi connectivity index (χ0) is 5.72. The number of fused-ring (bicyclic) bond motifs is 1. The van der Waals surface area contributed by atoms with Gasteiger partial charge in [0.05, 0.1) is 0 Å². The van der Waals surface area contributed by atoms with Gasteiger partial charge in [0.15, 0.2) is 0 Å². The van der Waals surface area contributed by atoms with Crippen molar-refractivity contribution >= 4 is 0 Å². The Balaban J connectivity index is 2.00. The molecule has 0 aromatic heterocycles. The number of piperidine rings is 1. The second-order valence-corrected chi connectivity index (χ2v) is 3.13. The molecule has 2 nitrogen and oxygen atoms in total. The largest absolute Gasteiger partial charge is 0.327 e. The molecular formula is C6H12N2. The Hall–Kier alpha value is -0.0800. The molecule has 8 heavy (non-hydrogen) atoms. The zero-order valence-corrected chi connectivity index (χ0v) is 5.17. The van der Waals surface area contributed by atoms with E-state index in [1.54, 1.807) is 0 Å². The predicted molar refractivity (Wildman–Crippen MR) is 32.5 cm³/mol. The van der Waals surface area contributed by atoms with Crippen molar-refractivity contribution in [3.63, 3.8) is 0 Å². The lowest BCUT2D eigenvalue weighted by molar-refractivity contribution is 0.362. The molecule has 2 aliphatic rings. The quantitative estimate of drug-likeness (QED) is 0.458. The second-order valence-electron chi connectivity index (χ2n) is 3.13. The number of likely N-dealkylation sites (tertiary alicyclic amines) is 1. The van der Waals surface area contributed by atoms with Gasteiger partial charge in [-0.25, -0.2) is 0 Å². The van der Waals surface area contributed by atoms with E-state index in [0.29, 0.717) is 6.04 Å². The van der Waals surface area contributed by atoms with Crippen LogP contribution in [-0.2, 0) is 0 Å². The molecule has 1 saturated carbocycles. The smallest absolute Gasteiger partial charge is 0.0127 e. The Morgan fingerprint density at radius 3 is 2.25 bits per heavy atom. The van der Waals surface area contributed by atoms with Crippen LogP contribution in [0.4, 0.5) is 0 Å². The van der Waals surface area contributed by atoms with Crippen LogP contribution in [0.3, 0.4) is 0 Å². The standard InChI is InChI=1S/C6H12N2/c1-8-2-4-5(3-8)6(4)7/h4-6H,2-3,7H2,1H3/t4-,5-/m0/s1. The molecule has 1 aliphatic carbocycles. The highest BCUT2D eigenvalue weighted by Gasteiger charge is 2.52. The third kappa shape index (κ3) is 0.446. The van der Waals surface area contributed by atoms with Crippen LogP contribution in [-0.4, -0.2) is 31.1 Å². The number of nitrogens with zero attached hydrogens (tertiary/aromatic N) is 1. The van der Waals surface area contributed by atoms with Gasteiger partial charge in [-0.2, -0.15) is 0 Å². The molecule has 1 heterocycles. The number of hydrogen-bond acceptors (Lipinski definition) is 2. The molecule has 46 valence electrons. The van der Waals surface area contributed by atoms with Gasteiger partial charge < -0.3 is 10.6 Å². The van der Waals surface area contributed by atoms with E-state index in [0.717, 1.165) is 11.8 Å². The van der Waals surface area contributed by atoms with Gasteiger partial charge >= 0.3 is 0 Å². The minimum atomic E-state index is 0.561. The van der Waals surface area contributed by atoms with Crippen molar-refractivity contribution in [1.29, 1.82) is 0 Å². The van der Waals surface area contributed by atoms with Gasteiger partial charge in [-0.05, 0) is 18.9 Å². The molecule has 2 rings (SSSR count). The van der Waals surface area contributed by atoms with Crippen molar-refractivity contribution in [1.82, 2.24) is 4.90 Å². The zero-order valence-electron chi connectivity index (χ0n) is 5.17. The summed E-state index contributed by atoms with van der Waals surface area (Å²) in [4.78, 5) is 2.36. The minimum absolute atomic E-state index is 0.561. The molecule has 1 aliphatic heterocycles. The summed E-state index contributed by atoms with van der Waals surface area (Å²) in [5.41, 5.74) is 5.71. The maximum absolute atomic E-state index is 5.71. The molecule has 2 atom stereocenters. The van der Waals surface area contributed by atoms with Crippen LogP contribution in [0.25, 0.3) is 0 Å². The SMILES string of the molecule is CN1C[C@@H]2C(N)[C@H]2C1. The fourth-order valence-corrected chi connectivity index (χ4v) is 1.78. The molecule has 2 N–H and O–H groups in total. The van der Waals surface area contributed by atoms with Gasteiger partial charge in [-0.3, -0.25) is 0 Å². The fraction of sp³-hybridized carbons (Fsp3) is 1.00. The van der Waals surface area contributed by atoms with E-state index < -0.39 is 0 Å². The molecule has 2 heteroatoms. The summed E-state index contributed by atoms with van der Waals surface area (Å²) in [6.45, 7) is 2.48. The van der Waals surface area contributed by atoms with Crippen LogP contribution in [0, 0.1) is 11.8 Å². The highest BCUT2D eigenvalue weighted by Crippen LogP contribution is 2.42. The number of hydrogen-bond donors (Lipinski definition) is 1. The van der Waals surface area contributed by atoms with Crippen molar-refractivity contribution < 1.29 is 0 Å². The monoisotopic (exact) mass is 112 g/mol. The van der Waals surface area contributed by atoms with E-state index in [2.05, 4.69) is 11.9 Å². The summed E-state index contributed by atoms with van der Waals surface area (Å²) in [6.07, 6.45) is 0. The molecule has 0 unspecified atom stereocenters. The topological polar surface area (TPSA) is 29.3 Å². The van der Waals surface area contributed by atoms with Gasteiger partial charge in [-0.1, -0.05) is 0 Å². The van der Waals surface area contributed by atoms with Crippen molar-refractivity contribution in [3.05, 3.63) is 0 Å². The highest BCUT2D eigenvalue weighted by molar-refractivity contribution is 5.07. The second kappa shape index (κ2) is 1.25. The van der Waals surface area contributed by atoms with Crippen LogP contribution in [0.1, 0.15) is 0 Å². The summed E-state index contributed by atoms with van der Waals surface area (Å²) in [5.74, 6) is 1.72. The van der Waals surface area contributed by atoms with Crippen molar-refractivity contribution in [2.75, 3.05) is 20.1 Å². The Morgan fingerprint density at radius 2 is 1.88 bits per heavy atom. The first kappa shape index (κ1) is 4.77. The molecule has 0 amide bonds. The molecule has 0 aromatic carbocycles. The highest BCUT2D eigenvalue weighted by atomic mass is 15.2. The first-order chi connectivity index (χ1) is 3.79. The lowest BCUT2D eigenvalue weighted by Crippen LogP contribution is -2.24. The molecule has 0 bridgehead atoms. The van der Waals surface area contributed by atoms with E-state index in [4.69, 9.17) is 5.73 Å². The van der Waals surface area contributed by atoms with E-state index in [9.17, 15) is 0 Å². The van der Waals surface area contributed by atoms with Crippen LogP contribution in [0.15, 0.2) is 0 Å². The molecule has 0 spiro atoms. The van der Waals surface area contributed by atoms with Gasteiger partial charge in [0, 0.05) is 19.1 Å². The van der Waals surface area contributed by atoms with Crippen LogP contribution < -0.4 is 5.73 Å². The third-order valence-electron chi connectivity index (χ3n) is 2.44. The van der Waals surface area contributed by atoms with Crippen molar-refractivity contribution in [2.45, 2.75) is 6.04 Å². The minimum Gasteiger partial charge on any atom is -0.327 e. The maximum Gasteiger partial charge on any atom is 0.0127 e. The first-order valence-corrected chi connectivity index (χ1v) is 3.23. The number of rotatable bonds is 0. The van der Waals surface area contributed by atoms with E-state index in [1.165, 1.54) is 13.1 Å². The van der Waals surface area contributed by atoms with Crippen molar-refractivity contribution in [3.8, 4) is 0 Å². The van der Waals surface area contributed by atoms with E-state index in [-0.39, 0.29) is 0 Å². The number of nitrogens with two attached hydrogens (primary N) is 1. The van der Waals surface area contributed by atoms with E-state index >= 15 is 0 Å². The lowest BCUT2D eigenvalue weighted by Gasteiger charge is -2.09. The molecular weight excluding hydrogens is 100 g/mol. The predicted octanol–water partition coefficient (Wildman–Crippen LogP) is -0.495. The molecule has 0 radical (unpaired) electrons. The Bertz CT molecular complexity index is 101. The average molecular weight is 112 g/mol. The van der Waals surface area contributed by atoms with Crippen LogP contribution >= 0.6 is 0 Å². The van der Waals surface area contributed by atoms with Gasteiger partial charge in [0.1, 0.15) is 0 Å². The molecule has 1 saturated heterocycles. The summed E-state index contributed by atoms with van der Waals surface area (Å²) < 4.78 is 0. The molecule has 2 fully saturated rings. The summed E-state index contributed by atoms with van der Waals surface area (Å²) in [6, 6.07) is 0.561. The van der Waals surface area contributed by atoms with Crippen LogP contribution in [0.2, 0.25) is 0 Å². The fourth-order valence-electron chi connectivity index (χ4n) is 1.78.